The van der Waals surface area contributed by atoms with Crippen LogP contribution in [0.2, 0.25) is 0 Å². The van der Waals surface area contributed by atoms with Gasteiger partial charge in [0.15, 0.2) is 0 Å². The lowest BCUT2D eigenvalue weighted by atomic mass is 10.0. The summed E-state index contributed by atoms with van der Waals surface area (Å²) in [5.74, 6) is 1.37. The van der Waals surface area contributed by atoms with Crippen LogP contribution in [0.25, 0.3) is 5.82 Å². The highest BCUT2D eigenvalue weighted by molar-refractivity contribution is 5.94. The third kappa shape index (κ3) is 9.68. The molecule has 1 unspecified atom stereocenters. The molecule has 0 aliphatic heterocycles. The fraction of sp³-hybridized carbons (Fsp3) is 0.293. The molecule has 0 aliphatic carbocycles. The largest absolute Gasteiger partial charge is 0.497 e. The Balaban J connectivity index is 1.04. The van der Waals surface area contributed by atoms with Gasteiger partial charge in [-0.2, -0.15) is 0 Å². The number of aryl methyl sites for hydroxylation is 2. The highest BCUT2D eigenvalue weighted by atomic mass is 16.5. The van der Waals surface area contributed by atoms with Crippen LogP contribution in [-0.2, 0) is 24.2 Å². The molecular weight excluding hydrogens is 626 g/mol. The zero-order valence-corrected chi connectivity index (χ0v) is 29.4. The predicted molar refractivity (Wildman–Crippen MR) is 196 cm³/mol. The normalized spacial score (nSPS) is 12.9. The second-order valence-corrected chi connectivity index (χ2v) is 12.9. The van der Waals surface area contributed by atoms with Crippen LogP contribution in [0.4, 0.5) is 0 Å². The first-order valence-electron chi connectivity index (χ1n) is 17.0. The van der Waals surface area contributed by atoms with Crippen LogP contribution in [0.15, 0.2) is 103 Å². The van der Waals surface area contributed by atoms with Gasteiger partial charge in [-0.25, -0.2) is 4.98 Å². The number of rotatable bonds is 15. The van der Waals surface area contributed by atoms with E-state index < -0.39 is 6.10 Å². The molecule has 0 saturated heterocycles. The van der Waals surface area contributed by atoms with Gasteiger partial charge in [0.05, 0.1) is 25.7 Å². The highest BCUT2D eigenvalue weighted by Crippen LogP contribution is 2.19. The van der Waals surface area contributed by atoms with Crippen molar-refractivity contribution in [2.75, 3.05) is 13.7 Å². The van der Waals surface area contributed by atoms with Crippen LogP contribution in [0.3, 0.4) is 0 Å². The number of carbonyl (C=O) groups excluding carboxylic acids is 2. The van der Waals surface area contributed by atoms with Crippen LogP contribution in [-0.4, -0.2) is 46.2 Å². The zero-order chi connectivity index (χ0) is 35.6. The minimum Gasteiger partial charge on any atom is -0.497 e. The van der Waals surface area contributed by atoms with Crippen molar-refractivity contribution in [3.63, 3.8) is 0 Å². The molecule has 0 aliphatic rings. The number of hydrogen-bond donors (Lipinski definition) is 4. The molecule has 0 bridgehead atoms. The summed E-state index contributed by atoms with van der Waals surface area (Å²) in [6.07, 6.45) is 2.08. The van der Waals surface area contributed by atoms with E-state index in [9.17, 15) is 14.7 Å². The van der Waals surface area contributed by atoms with E-state index >= 15 is 0 Å². The zero-order valence-electron chi connectivity index (χ0n) is 29.4. The van der Waals surface area contributed by atoms with Crippen molar-refractivity contribution in [3.05, 3.63) is 148 Å². The highest BCUT2D eigenvalue weighted by Gasteiger charge is 2.14. The Morgan fingerprint density at radius 2 is 1.52 bits per heavy atom. The van der Waals surface area contributed by atoms with Gasteiger partial charge >= 0.3 is 0 Å². The first-order chi connectivity index (χ1) is 24.1. The molecular formula is C41H47N5O4. The van der Waals surface area contributed by atoms with Crippen LogP contribution in [0.1, 0.15) is 75.6 Å². The Bertz CT molecular complexity index is 1850. The summed E-state index contributed by atoms with van der Waals surface area (Å²) in [6.45, 7) is 8.89. The van der Waals surface area contributed by atoms with Crippen molar-refractivity contribution in [2.45, 2.75) is 65.3 Å². The van der Waals surface area contributed by atoms with Crippen molar-refractivity contribution in [1.82, 2.24) is 25.5 Å². The molecule has 3 atom stereocenters. The molecule has 2 amide bonds. The molecule has 5 aromatic rings. The van der Waals surface area contributed by atoms with Gasteiger partial charge in [-0.3, -0.25) is 9.59 Å². The number of methoxy groups -OCH3 is 1. The van der Waals surface area contributed by atoms with Crippen LogP contribution < -0.4 is 20.7 Å². The van der Waals surface area contributed by atoms with Crippen LogP contribution >= 0.6 is 0 Å². The van der Waals surface area contributed by atoms with Gasteiger partial charge < -0.3 is 30.4 Å². The first-order valence-corrected chi connectivity index (χ1v) is 17.0. The lowest BCUT2D eigenvalue weighted by Crippen LogP contribution is -2.32. The Kier molecular flexibility index (Phi) is 12.2. The van der Waals surface area contributed by atoms with Crippen molar-refractivity contribution in [1.29, 1.82) is 0 Å². The van der Waals surface area contributed by atoms with Gasteiger partial charge in [0.2, 0.25) is 5.91 Å². The van der Waals surface area contributed by atoms with E-state index in [1.807, 2.05) is 81.4 Å². The Morgan fingerprint density at radius 1 is 0.840 bits per heavy atom. The molecule has 2 heterocycles. The van der Waals surface area contributed by atoms with Crippen molar-refractivity contribution < 1.29 is 19.4 Å². The number of benzene rings is 3. The van der Waals surface area contributed by atoms with Gasteiger partial charge in [0.25, 0.3) is 5.91 Å². The van der Waals surface area contributed by atoms with E-state index in [0.29, 0.717) is 18.7 Å². The standard InChI is InChI=1S/C41H47N5O4/c1-27(42-26-38(47)36-17-20-39(43-25-36)46-28(2)9-10-29(46)3)21-32-7-6-8-33(22-32)23-40(48)44-24-31-11-13-35(14-12-31)41(49)45-30(4)34-15-18-37(50-5)19-16-34/h6-20,22,25,27,30,38,42,47H,21,23-24,26H2,1-5H3,(H,44,48)(H,45,49)/t27?,30-,38-/m1/s1. The Morgan fingerprint density at radius 3 is 2.18 bits per heavy atom. The van der Waals surface area contributed by atoms with Crippen LogP contribution in [0, 0.1) is 13.8 Å². The van der Waals surface area contributed by atoms with Gasteiger partial charge in [0, 0.05) is 47.8 Å². The summed E-state index contributed by atoms with van der Waals surface area (Å²) >= 11 is 0. The number of aliphatic hydroxyl groups excluding tert-OH is 1. The number of carbonyl (C=O) groups is 2. The third-order valence-electron chi connectivity index (χ3n) is 8.88. The summed E-state index contributed by atoms with van der Waals surface area (Å²) in [5, 5.41) is 20.2. The molecule has 0 saturated carbocycles. The third-order valence-corrected chi connectivity index (χ3v) is 8.88. The van der Waals surface area contributed by atoms with Crippen molar-refractivity contribution >= 4 is 11.8 Å². The topological polar surface area (TPSA) is 118 Å². The minimum absolute atomic E-state index is 0.0756. The molecule has 5 rings (SSSR count). The average Bonchev–Trinajstić information content (AvgIpc) is 3.47. The number of aliphatic hydroxyl groups is 1. The average molecular weight is 674 g/mol. The lowest BCUT2D eigenvalue weighted by Gasteiger charge is -2.18. The molecule has 4 N–H and O–H groups in total. The van der Waals surface area contributed by atoms with Crippen molar-refractivity contribution in [2.24, 2.45) is 0 Å². The lowest BCUT2D eigenvalue weighted by molar-refractivity contribution is -0.120. The van der Waals surface area contributed by atoms with E-state index in [1.165, 1.54) is 0 Å². The number of hydrogen-bond acceptors (Lipinski definition) is 6. The Hall–Kier alpha value is -5.25. The molecule has 0 spiro atoms. The van der Waals surface area contributed by atoms with Crippen LogP contribution in [0.5, 0.6) is 5.75 Å². The van der Waals surface area contributed by atoms with E-state index in [1.54, 1.807) is 25.4 Å². The number of nitrogens with one attached hydrogen (secondary N) is 3. The number of aromatic nitrogens is 2. The van der Waals surface area contributed by atoms with Crippen molar-refractivity contribution in [3.8, 4) is 11.6 Å². The molecule has 260 valence electrons. The maximum absolute atomic E-state index is 12.8. The van der Waals surface area contributed by atoms with Gasteiger partial charge in [-0.15, -0.1) is 0 Å². The van der Waals surface area contributed by atoms with E-state index in [0.717, 1.165) is 57.2 Å². The summed E-state index contributed by atoms with van der Waals surface area (Å²) in [6, 6.07) is 30.9. The summed E-state index contributed by atoms with van der Waals surface area (Å²) in [5.41, 5.74) is 7.50. The number of ether oxygens (including phenoxy) is 1. The molecule has 2 aromatic heterocycles. The van der Waals surface area contributed by atoms with E-state index in [-0.39, 0.29) is 30.3 Å². The molecule has 0 radical (unpaired) electrons. The van der Waals surface area contributed by atoms with E-state index in [4.69, 9.17) is 4.74 Å². The minimum atomic E-state index is -0.678. The monoisotopic (exact) mass is 673 g/mol. The summed E-state index contributed by atoms with van der Waals surface area (Å²) in [7, 11) is 1.62. The molecule has 0 fully saturated rings. The number of pyridine rings is 1. The fourth-order valence-electron chi connectivity index (χ4n) is 5.96. The molecule has 9 heteroatoms. The van der Waals surface area contributed by atoms with Gasteiger partial charge in [-0.1, -0.05) is 54.6 Å². The summed E-state index contributed by atoms with van der Waals surface area (Å²) < 4.78 is 7.29. The number of amides is 2. The second kappa shape index (κ2) is 16.9. The second-order valence-electron chi connectivity index (χ2n) is 12.9. The summed E-state index contributed by atoms with van der Waals surface area (Å²) in [4.78, 5) is 30.2. The predicted octanol–water partition coefficient (Wildman–Crippen LogP) is 6.10. The quantitative estimate of drug-likeness (QED) is 0.107. The fourth-order valence-corrected chi connectivity index (χ4v) is 5.96. The smallest absolute Gasteiger partial charge is 0.251 e. The molecule has 9 nitrogen and oxygen atoms in total. The maximum Gasteiger partial charge on any atom is 0.251 e. The SMILES string of the molecule is COc1ccc([C@@H](C)NC(=O)c2ccc(CNC(=O)Cc3cccc(CC(C)NC[C@@H](O)c4ccc(-n5c(C)ccc5C)nc4)c3)cc2)cc1. The molecule has 3 aromatic carbocycles. The number of nitrogens with zero attached hydrogens (tertiary/aromatic N) is 2. The Labute approximate surface area is 294 Å². The molecule has 50 heavy (non-hydrogen) atoms. The first kappa shape index (κ1) is 36.0. The van der Waals surface area contributed by atoms with Gasteiger partial charge in [-0.05, 0) is 98.8 Å². The maximum atomic E-state index is 12.8. The van der Waals surface area contributed by atoms with E-state index in [2.05, 4.69) is 56.7 Å². The van der Waals surface area contributed by atoms with Gasteiger partial charge in [0.1, 0.15) is 11.6 Å².